The molecule has 1 N–H and O–H groups in total. The average Bonchev–Trinajstić information content (AvgIpc) is 1.86. The lowest BCUT2D eigenvalue weighted by molar-refractivity contribution is -0.0251. The van der Waals surface area contributed by atoms with Crippen LogP contribution in [0.25, 0.3) is 0 Å². The predicted molar refractivity (Wildman–Crippen MR) is 46.5 cm³/mol. The first-order chi connectivity index (χ1) is 5.09. The minimum Gasteiger partial charge on any atom is -0.395 e. The molecule has 0 spiro atoms. The molecule has 0 aromatic heterocycles. The third-order valence-electron chi connectivity index (χ3n) is 2.46. The third-order valence-corrected chi connectivity index (χ3v) is 2.46. The minimum atomic E-state index is 0.312. The Morgan fingerprint density at radius 2 is 2.00 bits per heavy atom. The molecule has 1 aliphatic rings. The maximum atomic E-state index is 8.99. The van der Waals surface area contributed by atoms with Crippen molar-refractivity contribution in [1.29, 1.82) is 0 Å². The highest BCUT2D eigenvalue weighted by atomic mass is 16.3. The van der Waals surface area contributed by atoms with Gasteiger partial charge in [-0.05, 0) is 11.8 Å². The van der Waals surface area contributed by atoms with Gasteiger partial charge < -0.3 is 5.11 Å². The summed E-state index contributed by atoms with van der Waals surface area (Å²) in [6, 6.07) is 0.406. The molecule has 0 aromatic rings. The number of likely N-dealkylation sites (tertiary alicyclic amines) is 1. The Bertz CT molecular complexity index is 122. The minimum absolute atomic E-state index is 0.312. The highest BCUT2D eigenvalue weighted by Crippen LogP contribution is 2.30. The zero-order valence-corrected chi connectivity index (χ0v) is 7.80. The highest BCUT2D eigenvalue weighted by molar-refractivity contribution is 4.90. The van der Waals surface area contributed by atoms with E-state index in [0.717, 1.165) is 19.5 Å². The number of hydrogen-bond acceptors (Lipinski definition) is 2. The number of hydrogen-bond donors (Lipinski definition) is 1. The van der Waals surface area contributed by atoms with E-state index in [9.17, 15) is 0 Å². The number of rotatable bonds is 3. The van der Waals surface area contributed by atoms with Crippen molar-refractivity contribution < 1.29 is 5.11 Å². The van der Waals surface area contributed by atoms with Crippen LogP contribution in [0.3, 0.4) is 0 Å². The monoisotopic (exact) mass is 157 g/mol. The van der Waals surface area contributed by atoms with Gasteiger partial charge in [-0.2, -0.15) is 0 Å². The van der Waals surface area contributed by atoms with Gasteiger partial charge in [0, 0.05) is 19.1 Å². The molecule has 0 aromatic carbocycles. The first kappa shape index (κ1) is 9.01. The van der Waals surface area contributed by atoms with Crippen LogP contribution in [0.2, 0.25) is 0 Å². The van der Waals surface area contributed by atoms with Gasteiger partial charge in [0.15, 0.2) is 0 Å². The molecular weight excluding hydrogens is 138 g/mol. The predicted octanol–water partition coefficient (Wildman–Crippen LogP) is 1.10. The summed E-state index contributed by atoms with van der Waals surface area (Å²) >= 11 is 0. The van der Waals surface area contributed by atoms with Crippen molar-refractivity contribution in [2.75, 3.05) is 19.7 Å². The summed E-state index contributed by atoms with van der Waals surface area (Å²) in [6.45, 7) is 9.28. The Kier molecular flexibility index (Phi) is 2.55. The molecule has 0 unspecified atom stereocenters. The molecule has 11 heavy (non-hydrogen) atoms. The molecule has 2 nitrogen and oxygen atoms in total. The van der Waals surface area contributed by atoms with E-state index in [-0.39, 0.29) is 0 Å². The Morgan fingerprint density at radius 1 is 1.45 bits per heavy atom. The van der Waals surface area contributed by atoms with Gasteiger partial charge in [-0.3, -0.25) is 4.90 Å². The maximum absolute atomic E-state index is 8.99. The van der Waals surface area contributed by atoms with Crippen molar-refractivity contribution in [2.45, 2.75) is 33.2 Å². The average molecular weight is 157 g/mol. The fourth-order valence-corrected chi connectivity index (χ4v) is 1.81. The summed E-state index contributed by atoms with van der Waals surface area (Å²) in [4.78, 5) is 2.36. The van der Waals surface area contributed by atoms with Gasteiger partial charge in [0.25, 0.3) is 0 Å². The third kappa shape index (κ3) is 1.94. The summed E-state index contributed by atoms with van der Waals surface area (Å²) in [7, 11) is 0. The Hall–Kier alpha value is -0.0800. The topological polar surface area (TPSA) is 23.5 Å². The molecule has 66 valence electrons. The second-order valence-electron chi connectivity index (χ2n) is 4.31. The lowest BCUT2D eigenvalue weighted by Crippen LogP contribution is -2.57. The molecule has 0 bridgehead atoms. The summed E-state index contributed by atoms with van der Waals surface area (Å²) in [5, 5.41) is 8.99. The largest absolute Gasteiger partial charge is 0.395 e. The fraction of sp³-hybridized carbons (Fsp3) is 1.00. The van der Waals surface area contributed by atoms with Crippen LogP contribution >= 0.6 is 0 Å². The van der Waals surface area contributed by atoms with Crippen LogP contribution in [0.4, 0.5) is 0 Å². The normalized spacial score (nSPS) is 26.2. The van der Waals surface area contributed by atoms with E-state index in [1.54, 1.807) is 0 Å². The van der Waals surface area contributed by atoms with E-state index in [0.29, 0.717) is 18.1 Å². The van der Waals surface area contributed by atoms with Crippen molar-refractivity contribution in [3.05, 3.63) is 0 Å². The molecule has 0 radical (unpaired) electrons. The Morgan fingerprint density at radius 3 is 2.27 bits per heavy atom. The summed E-state index contributed by atoms with van der Waals surface area (Å²) in [5.41, 5.74) is 0.489. The maximum Gasteiger partial charge on any atom is 0.0586 e. The van der Waals surface area contributed by atoms with Crippen LogP contribution < -0.4 is 0 Å². The highest BCUT2D eigenvalue weighted by Gasteiger charge is 2.36. The van der Waals surface area contributed by atoms with Crippen molar-refractivity contribution in [3.63, 3.8) is 0 Å². The van der Waals surface area contributed by atoms with Crippen molar-refractivity contribution >= 4 is 0 Å². The van der Waals surface area contributed by atoms with Gasteiger partial charge in [0.05, 0.1) is 6.61 Å². The number of aliphatic hydroxyl groups excluding tert-OH is 1. The van der Waals surface area contributed by atoms with E-state index in [1.807, 2.05) is 0 Å². The van der Waals surface area contributed by atoms with Gasteiger partial charge in [-0.15, -0.1) is 0 Å². The first-order valence-electron chi connectivity index (χ1n) is 4.44. The molecular formula is C9H19NO. The summed E-state index contributed by atoms with van der Waals surface area (Å²) in [5.74, 6) is 0. The van der Waals surface area contributed by atoms with Crippen molar-refractivity contribution in [3.8, 4) is 0 Å². The lowest BCUT2D eigenvalue weighted by Gasteiger charge is -2.49. The van der Waals surface area contributed by atoms with Gasteiger partial charge in [0.2, 0.25) is 0 Å². The molecule has 2 heteroatoms. The molecule has 1 rings (SSSR count). The quantitative estimate of drug-likeness (QED) is 0.663. The molecule has 1 aliphatic heterocycles. The van der Waals surface area contributed by atoms with E-state index >= 15 is 0 Å². The van der Waals surface area contributed by atoms with Crippen LogP contribution in [-0.2, 0) is 0 Å². The van der Waals surface area contributed by atoms with Crippen LogP contribution in [0.1, 0.15) is 27.2 Å². The Labute approximate surface area is 69.2 Å². The summed E-state index contributed by atoms with van der Waals surface area (Å²) < 4.78 is 0. The van der Waals surface area contributed by atoms with E-state index in [1.165, 1.54) is 0 Å². The molecule has 1 saturated heterocycles. The van der Waals surface area contributed by atoms with Gasteiger partial charge in [-0.25, -0.2) is 0 Å². The van der Waals surface area contributed by atoms with Crippen LogP contribution in [-0.4, -0.2) is 35.7 Å². The second kappa shape index (κ2) is 3.11. The van der Waals surface area contributed by atoms with Crippen molar-refractivity contribution in [1.82, 2.24) is 4.90 Å². The molecule has 1 fully saturated rings. The van der Waals surface area contributed by atoms with Gasteiger partial charge in [0.1, 0.15) is 0 Å². The standard InChI is InChI=1S/C9H19NO/c1-4-8(5-11)10-6-9(2,3)7-10/h8,11H,4-7H2,1-3H3/t8-/m1/s1. The zero-order chi connectivity index (χ0) is 8.48. The van der Waals surface area contributed by atoms with Crippen LogP contribution in [0, 0.1) is 5.41 Å². The molecule has 0 amide bonds. The first-order valence-corrected chi connectivity index (χ1v) is 4.44. The van der Waals surface area contributed by atoms with Crippen LogP contribution in [0.15, 0.2) is 0 Å². The van der Waals surface area contributed by atoms with Gasteiger partial charge in [-0.1, -0.05) is 20.8 Å². The fourth-order valence-electron chi connectivity index (χ4n) is 1.81. The second-order valence-corrected chi connectivity index (χ2v) is 4.31. The molecule has 1 atom stereocenters. The number of nitrogens with zero attached hydrogens (tertiary/aromatic N) is 1. The van der Waals surface area contributed by atoms with E-state index in [4.69, 9.17) is 5.11 Å². The SMILES string of the molecule is CC[C@H](CO)N1CC(C)(C)C1. The lowest BCUT2D eigenvalue weighted by atomic mass is 9.83. The smallest absolute Gasteiger partial charge is 0.0586 e. The molecule has 1 heterocycles. The molecule has 0 saturated carbocycles. The van der Waals surface area contributed by atoms with Crippen molar-refractivity contribution in [2.24, 2.45) is 5.41 Å². The van der Waals surface area contributed by atoms with E-state index in [2.05, 4.69) is 25.7 Å². The Balaban J connectivity index is 2.30. The number of aliphatic hydroxyl groups is 1. The van der Waals surface area contributed by atoms with Crippen LogP contribution in [0.5, 0.6) is 0 Å². The zero-order valence-electron chi connectivity index (χ0n) is 7.80. The van der Waals surface area contributed by atoms with E-state index < -0.39 is 0 Å². The molecule has 0 aliphatic carbocycles. The summed E-state index contributed by atoms with van der Waals surface area (Å²) in [6.07, 6.45) is 1.06. The van der Waals surface area contributed by atoms with Gasteiger partial charge >= 0.3 is 0 Å².